The minimum Gasteiger partial charge on any atom is -0.293 e. The summed E-state index contributed by atoms with van der Waals surface area (Å²) in [4.78, 5) is 21.2. The number of halogens is 2. The molecule has 0 bridgehead atoms. The fourth-order valence-electron chi connectivity index (χ4n) is 1.11. The third kappa shape index (κ3) is 2.54. The van der Waals surface area contributed by atoms with E-state index in [-0.39, 0.29) is 16.3 Å². The summed E-state index contributed by atoms with van der Waals surface area (Å²) in [7, 11) is 0. The molecule has 0 heterocycles. The largest absolute Gasteiger partial charge is 0.293 e. The summed E-state index contributed by atoms with van der Waals surface area (Å²) < 4.78 is 0. The zero-order valence-electron chi connectivity index (χ0n) is 7.74. The molecule has 0 fully saturated rings. The van der Waals surface area contributed by atoms with Crippen molar-refractivity contribution in [1.82, 2.24) is 0 Å². The fraction of sp³-hybridized carbons (Fsp3) is 0.222. The number of hydrogen-bond donors (Lipinski definition) is 0. The molecule has 0 saturated heterocycles. The minimum absolute atomic E-state index is 0.0476. The molecule has 0 radical (unpaired) electrons. The topological polar surface area (TPSA) is 60.2 Å². The zero-order valence-corrected chi connectivity index (χ0v) is 10.1. The van der Waals surface area contributed by atoms with Crippen molar-refractivity contribution in [3.05, 3.63) is 38.9 Å². The van der Waals surface area contributed by atoms with E-state index in [1.54, 1.807) is 6.92 Å². The lowest BCUT2D eigenvalue weighted by Gasteiger charge is -2.05. The highest BCUT2D eigenvalue weighted by molar-refractivity contribution is 9.10. The number of carbonyl (C=O) groups excluding carboxylic acids is 1. The molecule has 1 atom stereocenters. The quantitative estimate of drug-likeness (QED) is 0.372. The van der Waals surface area contributed by atoms with Crippen molar-refractivity contribution in [2.24, 2.45) is 0 Å². The Hall–Kier alpha value is -0.940. The first-order valence-corrected chi connectivity index (χ1v) is 5.35. The maximum atomic E-state index is 11.7. The molecule has 0 N–H and O–H groups in total. The van der Waals surface area contributed by atoms with Crippen LogP contribution in [0, 0.1) is 10.1 Å². The first kappa shape index (κ1) is 12.1. The van der Waals surface area contributed by atoms with Crippen LogP contribution in [0.2, 0.25) is 5.02 Å². The van der Waals surface area contributed by atoms with Crippen LogP contribution in [-0.4, -0.2) is 15.5 Å². The normalized spacial score (nSPS) is 12.2. The van der Waals surface area contributed by atoms with Crippen LogP contribution in [-0.2, 0) is 0 Å². The maximum absolute atomic E-state index is 11.7. The third-order valence-electron chi connectivity index (χ3n) is 1.80. The van der Waals surface area contributed by atoms with Crippen LogP contribution < -0.4 is 0 Å². The number of nitro groups is 1. The summed E-state index contributed by atoms with van der Waals surface area (Å²) in [5, 5.41) is 10.8. The summed E-state index contributed by atoms with van der Waals surface area (Å²) in [6.07, 6.45) is 0. The standard InChI is InChI=1S/C9H7BrClNO3/c1-5(10)9(13)8-6(11)3-2-4-7(8)12(14)15/h2-5H,1H3. The fourth-order valence-corrected chi connectivity index (χ4v) is 1.60. The molecule has 0 aliphatic rings. The Balaban J connectivity index is 3.37. The Labute approximate surface area is 99.5 Å². The van der Waals surface area contributed by atoms with Gasteiger partial charge in [0.15, 0.2) is 5.78 Å². The average molecular weight is 293 g/mol. The van der Waals surface area contributed by atoms with Gasteiger partial charge in [0.05, 0.1) is 14.8 Å². The molecule has 4 nitrogen and oxygen atoms in total. The van der Waals surface area contributed by atoms with Gasteiger partial charge < -0.3 is 0 Å². The first-order chi connectivity index (χ1) is 6.95. The Kier molecular flexibility index (Phi) is 3.82. The first-order valence-electron chi connectivity index (χ1n) is 4.06. The molecular weight excluding hydrogens is 285 g/mol. The summed E-state index contributed by atoms with van der Waals surface area (Å²) in [6.45, 7) is 1.59. The number of nitro benzene ring substituents is 1. The van der Waals surface area contributed by atoms with Gasteiger partial charge in [-0.05, 0) is 13.0 Å². The summed E-state index contributed by atoms with van der Waals surface area (Å²) in [5.74, 6) is -0.396. The lowest BCUT2D eigenvalue weighted by atomic mass is 10.1. The van der Waals surface area contributed by atoms with Crippen LogP contribution in [0.5, 0.6) is 0 Å². The second-order valence-corrected chi connectivity index (χ2v) is 4.65. The van der Waals surface area contributed by atoms with Crippen molar-refractivity contribution in [3.63, 3.8) is 0 Å². The van der Waals surface area contributed by atoms with E-state index in [9.17, 15) is 14.9 Å². The van der Waals surface area contributed by atoms with E-state index < -0.39 is 15.5 Å². The van der Waals surface area contributed by atoms with Gasteiger partial charge in [0.1, 0.15) is 5.56 Å². The molecule has 6 heteroatoms. The van der Waals surface area contributed by atoms with E-state index in [0.717, 1.165) is 0 Å². The molecule has 0 aromatic heterocycles. The highest BCUT2D eigenvalue weighted by atomic mass is 79.9. The van der Waals surface area contributed by atoms with Crippen LogP contribution in [0.4, 0.5) is 5.69 Å². The summed E-state index contributed by atoms with van der Waals surface area (Å²) >= 11 is 8.83. The van der Waals surface area contributed by atoms with E-state index >= 15 is 0 Å². The molecule has 0 aliphatic carbocycles. The van der Waals surface area contributed by atoms with Gasteiger partial charge in [0.25, 0.3) is 5.69 Å². The van der Waals surface area contributed by atoms with Gasteiger partial charge in [-0.15, -0.1) is 0 Å². The second-order valence-electron chi connectivity index (χ2n) is 2.87. The second kappa shape index (κ2) is 4.72. The molecule has 0 amide bonds. The Morgan fingerprint density at radius 1 is 1.60 bits per heavy atom. The smallest absolute Gasteiger partial charge is 0.281 e. The van der Waals surface area contributed by atoms with Crippen LogP contribution >= 0.6 is 27.5 Å². The van der Waals surface area contributed by atoms with Gasteiger partial charge in [-0.1, -0.05) is 33.6 Å². The molecule has 0 spiro atoms. The molecule has 15 heavy (non-hydrogen) atoms. The van der Waals surface area contributed by atoms with Gasteiger partial charge in [-0.2, -0.15) is 0 Å². The van der Waals surface area contributed by atoms with E-state index in [2.05, 4.69) is 15.9 Å². The highest BCUT2D eigenvalue weighted by Crippen LogP contribution is 2.28. The molecule has 1 unspecified atom stereocenters. The van der Waals surface area contributed by atoms with Crippen LogP contribution in [0.25, 0.3) is 0 Å². The Morgan fingerprint density at radius 3 is 2.67 bits per heavy atom. The van der Waals surface area contributed by atoms with Crippen molar-refractivity contribution in [3.8, 4) is 0 Å². The third-order valence-corrected chi connectivity index (χ3v) is 2.53. The van der Waals surface area contributed by atoms with Crippen molar-refractivity contribution >= 4 is 39.0 Å². The molecule has 1 aromatic rings. The Bertz CT molecular complexity index is 420. The number of benzene rings is 1. The van der Waals surface area contributed by atoms with Crippen molar-refractivity contribution < 1.29 is 9.72 Å². The van der Waals surface area contributed by atoms with E-state index in [0.29, 0.717) is 0 Å². The van der Waals surface area contributed by atoms with Crippen molar-refractivity contribution in [2.45, 2.75) is 11.8 Å². The molecule has 1 aromatic carbocycles. The van der Waals surface area contributed by atoms with Gasteiger partial charge in [0.2, 0.25) is 0 Å². The van der Waals surface area contributed by atoms with Gasteiger partial charge >= 0.3 is 0 Å². The predicted molar refractivity (Wildman–Crippen MR) is 60.8 cm³/mol. The van der Waals surface area contributed by atoms with E-state index in [1.807, 2.05) is 0 Å². The average Bonchev–Trinajstić information content (AvgIpc) is 2.16. The van der Waals surface area contributed by atoms with Crippen LogP contribution in [0.1, 0.15) is 17.3 Å². The van der Waals surface area contributed by atoms with Crippen LogP contribution in [0.3, 0.4) is 0 Å². The number of rotatable bonds is 3. The number of alkyl halides is 1. The van der Waals surface area contributed by atoms with Crippen LogP contribution in [0.15, 0.2) is 18.2 Å². The Morgan fingerprint density at radius 2 is 2.20 bits per heavy atom. The van der Waals surface area contributed by atoms with Gasteiger partial charge in [0, 0.05) is 6.07 Å². The van der Waals surface area contributed by atoms with Gasteiger partial charge in [-0.25, -0.2) is 0 Å². The number of ketones is 1. The number of nitrogens with zero attached hydrogens (tertiary/aromatic N) is 1. The van der Waals surface area contributed by atoms with Crippen molar-refractivity contribution in [1.29, 1.82) is 0 Å². The predicted octanol–water partition coefficient (Wildman–Crippen LogP) is 3.21. The highest BCUT2D eigenvalue weighted by Gasteiger charge is 2.25. The lowest BCUT2D eigenvalue weighted by molar-refractivity contribution is -0.385. The van der Waals surface area contributed by atoms with E-state index in [4.69, 9.17) is 11.6 Å². The molecular formula is C9H7BrClNO3. The lowest BCUT2D eigenvalue weighted by Crippen LogP contribution is -2.13. The molecule has 80 valence electrons. The zero-order chi connectivity index (χ0) is 11.6. The molecule has 1 rings (SSSR count). The molecule has 0 saturated carbocycles. The number of hydrogen-bond acceptors (Lipinski definition) is 3. The number of carbonyl (C=O) groups is 1. The maximum Gasteiger partial charge on any atom is 0.281 e. The molecule has 0 aliphatic heterocycles. The SMILES string of the molecule is CC(Br)C(=O)c1c(Cl)cccc1[N+](=O)[O-]. The minimum atomic E-state index is -0.617. The monoisotopic (exact) mass is 291 g/mol. The summed E-state index contributed by atoms with van der Waals surface area (Å²) in [6, 6.07) is 4.15. The van der Waals surface area contributed by atoms with Crippen molar-refractivity contribution in [2.75, 3.05) is 0 Å². The van der Waals surface area contributed by atoms with E-state index in [1.165, 1.54) is 18.2 Å². The summed E-state index contributed by atoms with van der Waals surface area (Å²) in [5.41, 5.74) is -0.313. The number of Topliss-reactive ketones (excluding diaryl/α,β-unsaturated/α-hetero) is 1. The van der Waals surface area contributed by atoms with Gasteiger partial charge in [-0.3, -0.25) is 14.9 Å².